The lowest BCUT2D eigenvalue weighted by atomic mass is 10.0. The molecule has 1 aliphatic rings. The summed E-state index contributed by atoms with van der Waals surface area (Å²) in [6.07, 6.45) is 5.34. The number of hydrogen-bond donors (Lipinski definition) is 1. The Morgan fingerprint density at radius 1 is 1.21 bits per heavy atom. The maximum absolute atomic E-state index is 5.85. The summed E-state index contributed by atoms with van der Waals surface area (Å²) in [5.41, 5.74) is 5.89. The maximum atomic E-state index is 5.85. The second kappa shape index (κ2) is 5.69. The van der Waals surface area contributed by atoms with Gasteiger partial charge in [0.2, 0.25) is 0 Å². The van der Waals surface area contributed by atoms with Crippen molar-refractivity contribution in [2.75, 3.05) is 33.4 Å². The second-order valence-electron chi connectivity index (χ2n) is 4.54. The third-order valence-corrected chi connectivity index (χ3v) is 3.26. The van der Waals surface area contributed by atoms with Crippen molar-refractivity contribution in [1.29, 1.82) is 0 Å². The van der Waals surface area contributed by atoms with E-state index < -0.39 is 0 Å². The van der Waals surface area contributed by atoms with Crippen LogP contribution in [0.25, 0.3) is 0 Å². The van der Waals surface area contributed by atoms with Gasteiger partial charge in [0.25, 0.3) is 0 Å². The minimum absolute atomic E-state index is 0.0408. The van der Waals surface area contributed by atoms with E-state index in [2.05, 4.69) is 11.8 Å². The van der Waals surface area contributed by atoms with Gasteiger partial charge in [-0.05, 0) is 32.9 Å². The van der Waals surface area contributed by atoms with Crippen molar-refractivity contribution < 1.29 is 4.74 Å². The maximum Gasteiger partial charge on any atom is 0.0656 e. The van der Waals surface area contributed by atoms with E-state index in [1.807, 2.05) is 0 Å². The quantitative estimate of drug-likeness (QED) is 0.741. The molecule has 14 heavy (non-hydrogen) atoms. The number of likely N-dealkylation sites (tertiary alicyclic amines) is 1. The van der Waals surface area contributed by atoms with Gasteiger partial charge in [-0.1, -0.05) is 12.8 Å². The van der Waals surface area contributed by atoms with Gasteiger partial charge in [0.15, 0.2) is 0 Å². The summed E-state index contributed by atoms with van der Waals surface area (Å²) in [7, 11) is 1.76. The standard InChI is InChI=1S/C11H24N2O/c1-11(9-12,10-14-2)13-7-5-3-4-6-8-13/h3-10,12H2,1-2H3. The van der Waals surface area contributed by atoms with Crippen molar-refractivity contribution in [2.24, 2.45) is 5.73 Å². The zero-order valence-corrected chi connectivity index (χ0v) is 9.59. The molecular weight excluding hydrogens is 176 g/mol. The van der Waals surface area contributed by atoms with E-state index in [0.29, 0.717) is 6.54 Å². The predicted molar refractivity (Wildman–Crippen MR) is 59.4 cm³/mol. The first-order valence-corrected chi connectivity index (χ1v) is 5.67. The molecule has 1 unspecified atom stereocenters. The van der Waals surface area contributed by atoms with E-state index in [0.717, 1.165) is 6.61 Å². The van der Waals surface area contributed by atoms with Crippen LogP contribution < -0.4 is 5.73 Å². The summed E-state index contributed by atoms with van der Waals surface area (Å²) >= 11 is 0. The fraction of sp³-hybridized carbons (Fsp3) is 1.00. The van der Waals surface area contributed by atoms with Gasteiger partial charge in [0, 0.05) is 13.7 Å². The highest BCUT2D eigenvalue weighted by atomic mass is 16.5. The van der Waals surface area contributed by atoms with Crippen LogP contribution in [0.1, 0.15) is 32.6 Å². The Morgan fingerprint density at radius 3 is 2.21 bits per heavy atom. The fourth-order valence-corrected chi connectivity index (χ4v) is 2.20. The molecule has 3 heteroatoms. The van der Waals surface area contributed by atoms with Crippen LogP contribution in [-0.2, 0) is 4.74 Å². The first-order chi connectivity index (χ1) is 6.73. The molecule has 0 radical (unpaired) electrons. The van der Waals surface area contributed by atoms with E-state index in [4.69, 9.17) is 10.5 Å². The monoisotopic (exact) mass is 200 g/mol. The Morgan fingerprint density at radius 2 is 1.79 bits per heavy atom. The highest BCUT2D eigenvalue weighted by Gasteiger charge is 2.30. The Bertz CT molecular complexity index is 155. The van der Waals surface area contributed by atoms with Gasteiger partial charge in [-0.2, -0.15) is 0 Å². The average Bonchev–Trinajstić information content (AvgIpc) is 2.46. The topological polar surface area (TPSA) is 38.5 Å². The minimum atomic E-state index is 0.0408. The van der Waals surface area contributed by atoms with Crippen LogP contribution >= 0.6 is 0 Å². The molecule has 1 saturated heterocycles. The summed E-state index contributed by atoms with van der Waals surface area (Å²) in [6.45, 7) is 5.99. The first-order valence-electron chi connectivity index (χ1n) is 5.67. The lowest BCUT2D eigenvalue weighted by Gasteiger charge is -2.39. The summed E-state index contributed by atoms with van der Waals surface area (Å²) in [4.78, 5) is 2.50. The van der Waals surface area contributed by atoms with Crippen LogP contribution in [0.4, 0.5) is 0 Å². The lowest BCUT2D eigenvalue weighted by Crippen LogP contribution is -2.55. The van der Waals surface area contributed by atoms with Gasteiger partial charge in [0.1, 0.15) is 0 Å². The van der Waals surface area contributed by atoms with Crippen LogP contribution in [-0.4, -0.2) is 43.8 Å². The Balaban J connectivity index is 2.56. The molecule has 0 aliphatic carbocycles. The SMILES string of the molecule is COCC(C)(CN)N1CCCCCC1. The molecular formula is C11H24N2O. The molecule has 0 bridgehead atoms. The van der Waals surface area contributed by atoms with E-state index in [1.54, 1.807) is 7.11 Å². The first kappa shape index (κ1) is 12.0. The van der Waals surface area contributed by atoms with Crippen molar-refractivity contribution in [3.63, 3.8) is 0 Å². The Hall–Kier alpha value is -0.120. The van der Waals surface area contributed by atoms with Gasteiger partial charge >= 0.3 is 0 Å². The molecule has 1 rings (SSSR count). The largest absolute Gasteiger partial charge is 0.383 e. The summed E-state index contributed by atoms with van der Waals surface area (Å²) in [5.74, 6) is 0. The number of methoxy groups -OCH3 is 1. The van der Waals surface area contributed by atoms with Crippen LogP contribution in [0.2, 0.25) is 0 Å². The van der Waals surface area contributed by atoms with Gasteiger partial charge in [0.05, 0.1) is 12.1 Å². The predicted octanol–water partition coefficient (Wildman–Crippen LogP) is 1.23. The number of nitrogens with zero attached hydrogens (tertiary/aromatic N) is 1. The minimum Gasteiger partial charge on any atom is -0.383 e. The number of ether oxygens (including phenoxy) is 1. The lowest BCUT2D eigenvalue weighted by molar-refractivity contribution is 0.0290. The third-order valence-electron chi connectivity index (χ3n) is 3.26. The zero-order valence-electron chi connectivity index (χ0n) is 9.59. The van der Waals surface area contributed by atoms with E-state index in [1.165, 1.54) is 38.8 Å². The van der Waals surface area contributed by atoms with Crippen molar-refractivity contribution >= 4 is 0 Å². The second-order valence-corrected chi connectivity index (χ2v) is 4.54. The molecule has 0 aromatic rings. The van der Waals surface area contributed by atoms with Crippen molar-refractivity contribution in [1.82, 2.24) is 4.90 Å². The molecule has 1 heterocycles. The smallest absolute Gasteiger partial charge is 0.0656 e. The molecule has 0 amide bonds. The summed E-state index contributed by atoms with van der Waals surface area (Å²) in [6, 6.07) is 0. The molecule has 0 aromatic carbocycles. The van der Waals surface area contributed by atoms with Crippen LogP contribution in [0.5, 0.6) is 0 Å². The van der Waals surface area contributed by atoms with E-state index >= 15 is 0 Å². The average molecular weight is 200 g/mol. The summed E-state index contributed by atoms with van der Waals surface area (Å²) < 4.78 is 5.27. The third kappa shape index (κ3) is 2.94. The van der Waals surface area contributed by atoms with Gasteiger partial charge in [-0.15, -0.1) is 0 Å². The van der Waals surface area contributed by atoms with Crippen molar-refractivity contribution in [3.05, 3.63) is 0 Å². The highest BCUT2D eigenvalue weighted by molar-refractivity contribution is 4.88. The molecule has 84 valence electrons. The summed E-state index contributed by atoms with van der Waals surface area (Å²) in [5, 5.41) is 0. The van der Waals surface area contributed by atoms with E-state index in [-0.39, 0.29) is 5.54 Å². The van der Waals surface area contributed by atoms with Crippen LogP contribution in [0.15, 0.2) is 0 Å². The van der Waals surface area contributed by atoms with Gasteiger partial charge in [-0.3, -0.25) is 4.90 Å². The molecule has 1 atom stereocenters. The fourth-order valence-electron chi connectivity index (χ4n) is 2.20. The van der Waals surface area contributed by atoms with Gasteiger partial charge in [-0.25, -0.2) is 0 Å². The highest BCUT2D eigenvalue weighted by Crippen LogP contribution is 2.19. The molecule has 2 N–H and O–H groups in total. The molecule has 0 saturated carbocycles. The Kier molecular flexibility index (Phi) is 4.85. The molecule has 0 spiro atoms. The number of nitrogens with two attached hydrogens (primary N) is 1. The normalized spacial score (nSPS) is 24.2. The molecule has 0 aromatic heterocycles. The van der Waals surface area contributed by atoms with Crippen LogP contribution in [0, 0.1) is 0 Å². The molecule has 3 nitrogen and oxygen atoms in total. The van der Waals surface area contributed by atoms with Crippen molar-refractivity contribution in [3.8, 4) is 0 Å². The van der Waals surface area contributed by atoms with Gasteiger partial charge < -0.3 is 10.5 Å². The Labute approximate surface area is 87.6 Å². The number of rotatable bonds is 4. The molecule has 1 fully saturated rings. The number of hydrogen-bond acceptors (Lipinski definition) is 3. The zero-order chi connectivity index (χ0) is 10.4. The van der Waals surface area contributed by atoms with Crippen molar-refractivity contribution in [2.45, 2.75) is 38.1 Å². The molecule has 1 aliphatic heterocycles. The van der Waals surface area contributed by atoms with Crippen LogP contribution in [0.3, 0.4) is 0 Å². The van der Waals surface area contributed by atoms with E-state index in [9.17, 15) is 0 Å².